The van der Waals surface area contributed by atoms with E-state index in [2.05, 4.69) is 28.5 Å². The first-order valence-electron chi connectivity index (χ1n) is 10.4. The Morgan fingerprint density at radius 2 is 1.69 bits per heavy atom. The van der Waals surface area contributed by atoms with Crippen LogP contribution in [0.1, 0.15) is 24.1 Å². The molecule has 0 bridgehead atoms. The lowest BCUT2D eigenvalue weighted by molar-refractivity contribution is -0.115. The molecule has 1 aliphatic carbocycles. The van der Waals surface area contributed by atoms with Crippen LogP contribution in [-0.4, -0.2) is 26.1 Å². The van der Waals surface area contributed by atoms with Crippen molar-refractivity contribution in [1.82, 2.24) is 9.97 Å². The maximum atomic E-state index is 12.6. The lowest BCUT2D eigenvalue weighted by atomic mass is 10.1. The summed E-state index contributed by atoms with van der Waals surface area (Å²) in [5, 5.41) is 21.8. The van der Waals surface area contributed by atoms with Gasteiger partial charge in [-0.25, -0.2) is 9.97 Å². The van der Waals surface area contributed by atoms with E-state index in [4.69, 9.17) is 4.98 Å². The fourth-order valence-corrected chi connectivity index (χ4v) is 3.30. The van der Waals surface area contributed by atoms with Gasteiger partial charge in [0, 0.05) is 5.56 Å². The quantitative estimate of drug-likeness (QED) is 0.515. The average molecular weight is 425 g/mol. The zero-order chi connectivity index (χ0) is 22.3. The standard InChI is InChI=1S/C26H23N3O3/c30-21-11-6-19(7-12-21)16-25(32)29-26-23(15-8-18-4-2-1-3-5-18)28-24(17-27-26)20-9-13-22(31)14-10-20/h2,4-15,17,30-31H,1,3,16H2,(H,27,29,32)/b15-8+. The Hall–Kier alpha value is -4.19. The third kappa shape index (κ3) is 5.49. The number of rotatable bonds is 6. The Balaban J connectivity index is 1.60. The number of amides is 1. The van der Waals surface area contributed by atoms with Crippen LogP contribution in [0.25, 0.3) is 17.3 Å². The van der Waals surface area contributed by atoms with Gasteiger partial charge in [-0.1, -0.05) is 36.4 Å². The molecular formula is C26H23N3O3. The first-order valence-corrected chi connectivity index (χ1v) is 10.4. The molecule has 0 unspecified atom stereocenters. The van der Waals surface area contributed by atoms with Crippen LogP contribution in [0.3, 0.4) is 0 Å². The molecule has 32 heavy (non-hydrogen) atoms. The van der Waals surface area contributed by atoms with Gasteiger partial charge in [-0.2, -0.15) is 0 Å². The molecule has 3 aromatic rings. The zero-order valence-corrected chi connectivity index (χ0v) is 17.4. The van der Waals surface area contributed by atoms with E-state index >= 15 is 0 Å². The maximum absolute atomic E-state index is 12.6. The predicted octanol–water partition coefficient (Wildman–Crippen LogP) is 5.03. The van der Waals surface area contributed by atoms with E-state index in [1.165, 1.54) is 0 Å². The van der Waals surface area contributed by atoms with Crippen LogP contribution in [0.2, 0.25) is 0 Å². The minimum absolute atomic E-state index is 0.152. The Bertz CT molecular complexity index is 1190. The van der Waals surface area contributed by atoms with Gasteiger partial charge in [0.15, 0.2) is 5.82 Å². The van der Waals surface area contributed by atoms with Crippen molar-refractivity contribution >= 4 is 17.8 Å². The summed E-state index contributed by atoms with van der Waals surface area (Å²) in [7, 11) is 0. The maximum Gasteiger partial charge on any atom is 0.230 e. The third-order valence-electron chi connectivity index (χ3n) is 4.98. The molecule has 0 spiro atoms. The molecular weight excluding hydrogens is 402 g/mol. The van der Waals surface area contributed by atoms with Crippen LogP contribution in [0, 0.1) is 0 Å². The smallest absolute Gasteiger partial charge is 0.230 e. The summed E-state index contributed by atoms with van der Waals surface area (Å²) in [4.78, 5) is 21.8. The molecule has 3 N–H and O–H groups in total. The predicted molar refractivity (Wildman–Crippen MR) is 125 cm³/mol. The van der Waals surface area contributed by atoms with E-state index in [1.54, 1.807) is 54.7 Å². The van der Waals surface area contributed by atoms with E-state index in [-0.39, 0.29) is 23.8 Å². The number of anilines is 1. The summed E-state index contributed by atoms with van der Waals surface area (Å²) >= 11 is 0. The van der Waals surface area contributed by atoms with Crippen molar-refractivity contribution < 1.29 is 15.0 Å². The second-order valence-electron chi connectivity index (χ2n) is 7.44. The second kappa shape index (κ2) is 9.75. The van der Waals surface area contributed by atoms with Crippen molar-refractivity contribution in [1.29, 1.82) is 0 Å². The number of benzene rings is 2. The highest BCUT2D eigenvalue weighted by atomic mass is 16.3. The van der Waals surface area contributed by atoms with Crippen molar-refractivity contribution in [2.45, 2.75) is 19.3 Å². The van der Waals surface area contributed by atoms with Gasteiger partial charge in [0.25, 0.3) is 0 Å². The summed E-state index contributed by atoms with van der Waals surface area (Å²) in [6.45, 7) is 0. The fourth-order valence-electron chi connectivity index (χ4n) is 3.30. The van der Waals surface area contributed by atoms with Gasteiger partial charge < -0.3 is 15.5 Å². The number of hydrogen-bond acceptors (Lipinski definition) is 5. The average Bonchev–Trinajstić information content (AvgIpc) is 2.81. The molecule has 1 aromatic heterocycles. The van der Waals surface area contributed by atoms with Gasteiger partial charge in [0.05, 0.1) is 18.3 Å². The van der Waals surface area contributed by atoms with Crippen LogP contribution in [-0.2, 0) is 11.2 Å². The number of phenolic OH excluding ortho intramolecular Hbond substituents is 2. The Kier molecular flexibility index (Phi) is 6.41. The molecule has 0 aliphatic heterocycles. The topological polar surface area (TPSA) is 95.3 Å². The molecule has 1 aliphatic rings. The summed E-state index contributed by atoms with van der Waals surface area (Å²) in [6.07, 6.45) is 13.9. The van der Waals surface area contributed by atoms with Crippen LogP contribution < -0.4 is 5.32 Å². The molecule has 160 valence electrons. The van der Waals surface area contributed by atoms with Crippen molar-refractivity contribution in [2.75, 3.05) is 5.32 Å². The third-order valence-corrected chi connectivity index (χ3v) is 4.98. The SMILES string of the molecule is O=C(Cc1ccc(O)cc1)Nc1ncc(-c2ccc(O)cc2)nc1/C=C/C1=CCCC=C1. The van der Waals surface area contributed by atoms with Crippen LogP contribution >= 0.6 is 0 Å². The highest BCUT2D eigenvalue weighted by Crippen LogP contribution is 2.23. The van der Waals surface area contributed by atoms with E-state index < -0.39 is 0 Å². The van der Waals surface area contributed by atoms with Crippen LogP contribution in [0.4, 0.5) is 5.82 Å². The van der Waals surface area contributed by atoms with E-state index in [0.29, 0.717) is 17.2 Å². The first kappa shape index (κ1) is 21.1. The zero-order valence-electron chi connectivity index (χ0n) is 17.4. The normalized spacial score (nSPS) is 13.2. The van der Waals surface area contributed by atoms with Gasteiger partial charge in [-0.15, -0.1) is 0 Å². The van der Waals surface area contributed by atoms with Gasteiger partial charge in [-0.3, -0.25) is 4.79 Å². The number of aromatic nitrogens is 2. The van der Waals surface area contributed by atoms with Crippen LogP contribution in [0.15, 0.2) is 84.6 Å². The highest BCUT2D eigenvalue weighted by molar-refractivity contribution is 5.93. The van der Waals surface area contributed by atoms with E-state index in [1.807, 2.05) is 12.2 Å². The van der Waals surface area contributed by atoms with Crippen molar-refractivity contribution in [3.63, 3.8) is 0 Å². The number of carbonyl (C=O) groups is 1. The van der Waals surface area contributed by atoms with Gasteiger partial charge in [0.2, 0.25) is 5.91 Å². The summed E-state index contributed by atoms with van der Waals surface area (Å²) in [6, 6.07) is 13.2. The number of hydrogen-bond donors (Lipinski definition) is 3. The molecule has 1 heterocycles. The largest absolute Gasteiger partial charge is 0.508 e. The number of nitrogens with zero attached hydrogens (tertiary/aromatic N) is 2. The van der Waals surface area contributed by atoms with Gasteiger partial charge >= 0.3 is 0 Å². The van der Waals surface area contributed by atoms with Crippen molar-refractivity contribution in [2.24, 2.45) is 0 Å². The molecule has 0 fully saturated rings. The number of carbonyl (C=O) groups excluding carboxylic acids is 1. The first-order chi connectivity index (χ1) is 15.6. The van der Waals surface area contributed by atoms with Crippen LogP contribution in [0.5, 0.6) is 11.5 Å². The number of nitrogens with one attached hydrogen (secondary N) is 1. The highest BCUT2D eigenvalue weighted by Gasteiger charge is 2.12. The molecule has 6 nitrogen and oxygen atoms in total. The summed E-state index contributed by atoms with van der Waals surface area (Å²) in [5.74, 6) is 0.473. The molecule has 0 atom stereocenters. The lowest BCUT2D eigenvalue weighted by Gasteiger charge is -2.10. The molecule has 0 saturated heterocycles. The van der Waals surface area contributed by atoms with Gasteiger partial charge in [0.1, 0.15) is 17.2 Å². The Labute approximate surface area is 186 Å². The molecule has 2 aromatic carbocycles. The van der Waals surface area contributed by atoms with Gasteiger partial charge in [-0.05, 0) is 66.5 Å². The molecule has 0 radical (unpaired) electrons. The minimum atomic E-state index is -0.228. The second-order valence-corrected chi connectivity index (χ2v) is 7.44. The fraction of sp³-hybridized carbons (Fsp3) is 0.115. The summed E-state index contributed by atoms with van der Waals surface area (Å²) in [5.41, 5.74) is 3.84. The van der Waals surface area contributed by atoms with Crippen molar-refractivity contribution in [3.05, 3.63) is 95.9 Å². The summed E-state index contributed by atoms with van der Waals surface area (Å²) < 4.78 is 0. The number of aromatic hydroxyl groups is 2. The Morgan fingerprint density at radius 1 is 0.969 bits per heavy atom. The Morgan fingerprint density at radius 3 is 2.38 bits per heavy atom. The van der Waals surface area contributed by atoms with Crippen molar-refractivity contribution in [3.8, 4) is 22.8 Å². The number of phenols is 2. The van der Waals surface area contributed by atoms with E-state index in [0.717, 1.165) is 29.5 Å². The molecule has 6 heteroatoms. The molecule has 4 rings (SSSR count). The number of allylic oxidation sites excluding steroid dienone is 5. The molecule has 1 amide bonds. The molecule has 0 saturated carbocycles. The monoisotopic (exact) mass is 425 g/mol. The lowest BCUT2D eigenvalue weighted by Crippen LogP contribution is -2.16. The minimum Gasteiger partial charge on any atom is -0.508 e. The van der Waals surface area contributed by atoms with E-state index in [9.17, 15) is 15.0 Å².